The van der Waals surface area contributed by atoms with Gasteiger partial charge in [-0.1, -0.05) is 18.2 Å². The van der Waals surface area contributed by atoms with Crippen LogP contribution in [0.15, 0.2) is 48.7 Å². The highest BCUT2D eigenvalue weighted by Crippen LogP contribution is 2.20. The average molecular weight is 352 g/mol. The summed E-state index contributed by atoms with van der Waals surface area (Å²) >= 11 is 0. The number of anilines is 2. The number of pyridine rings is 1. The smallest absolute Gasteiger partial charge is 0.276 e. The van der Waals surface area contributed by atoms with Crippen molar-refractivity contribution in [3.05, 3.63) is 54.4 Å². The predicted molar refractivity (Wildman–Crippen MR) is 102 cm³/mol. The van der Waals surface area contributed by atoms with E-state index in [1.807, 2.05) is 54.3 Å². The molecule has 0 aliphatic carbocycles. The Labute approximate surface area is 154 Å². The van der Waals surface area contributed by atoms with Gasteiger partial charge in [0, 0.05) is 57.2 Å². The molecular formula is C20H24N4O2. The summed E-state index contributed by atoms with van der Waals surface area (Å²) in [7, 11) is 0. The average Bonchev–Trinajstić information content (AvgIpc) is 2.69. The van der Waals surface area contributed by atoms with Crippen molar-refractivity contribution in [3.63, 3.8) is 0 Å². The molecule has 3 rings (SSSR count). The molecule has 0 radical (unpaired) electrons. The number of benzene rings is 1. The predicted octanol–water partition coefficient (Wildman–Crippen LogP) is 2.42. The Hall–Kier alpha value is -2.89. The van der Waals surface area contributed by atoms with Crippen molar-refractivity contribution in [1.82, 2.24) is 9.88 Å². The normalized spacial score (nSPS) is 14.2. The molecule has 1 aliphatic rings. The van der Waals surface area contributed by atoms with E-state index in [1.165, 1.54) is 0 Å². The van der Waals surface area contributed by atoms with Gasteiger partial charge in [-0.15, -0.1) is 0 Å². The standard InChI is InChI=1S/C20H24N4O2/c1-3-24(17-7-5-4-6-8-17)20(26)19-15-18(9-10-21-19)23-13-11-22(12-14-23)16(2)25/h4-10,15H,3,11-14H2,1-2H3. The summed E-state index contributed by atoms with van der Waals surface area (Å²) < 4.78 is 0. The maximum absolute atomic E-state index is 12.9. The minimum atomic E-state index is -0.108. The number of hydrogen-bond acceptors (Lipinski definition) is 4. The van der Waals surface area contributed by atoms with E-state index < -0.39 is 0 Å². The van der Waals surface area contributed by atoms with Gasteiger partial charge in [0.2, 0.25) is 5.91 Å². The van der Waals surface area contributed by atoms with Gasteiger partial charge >= 0.3 is 0 Å². The first-order valence-electron chi connectivity index (χ1n) is 8.93. The van der Waals surface area contributed by atoms with Crippen LogP contribution in [-0.2, 0) is 4.79 Å². The molecule has 1 aromatic heterocycles. The van der Waals surface area contributed by atoms with Crippen LogP contribution in [0.1, 0.15) is 24.3 Å². The van der Waals surface area contributed by atoms with E-state index in [-0.39, 0.29) is 11.8 Å². The second kappa shape index (κ2) is 7.99. The second-order valence-corrected chi connectivity index (χ2v) is 6.28. The molecule has 1 saturated heterocycles. The van der Waals surface area contributed by atoms with Gasteiger partial charge in [0.15, 0.2) is 0 Å². The van der Waals surface area contributed by atoms with Crippen LogP contribution < -0.4 is 9.80 Å². The fraction of sp³-hybridized carbons (Fsp3) is 0.350. The number of carbonyl (C=O) groups is 2. The molecule has 0 unspecified atom stereocenters. The fourth-order valence-corrected chi connectivity index (χ4v) is 3.20. The number of aromatic nitrogens is 1. The van der Waals surface area contributed by atoms with Crippen molar-refractivity contribution in [3.8, 4) is 0 Å². The third kappa shape index (κ3) is 3.85. The van der Waals surface area contributed by atoms with Crippen LogP contribution in [0.4, 0.5) is 11.4 Å². The van der Waals surface area contributed by atoms with E-state index in [2.05, 4.69) is 9.88 Å². The number of rotatable bonds is 4. The number of nitrogens with zero attached hydrogens (tertiary/aromatic N) is 4. The molecule has 6 nitrogen and oxygen atoms in total. The maximum Gasteiger partial charge on any atom is 0.276 e. The van der Waals surface area contributed by atoms with Gasteiger partial charge in [0.1, 0.15) is 5.69 Å². The third-order valence-corrected chi connectivity index (χ3v) is 4.68. The monoisotopic (exact) mass is 352 g/mol. The lowest BCUT2D eigenvalue weighted by atomic mass is 10.2. The van der Waals surface area contributed by atoms with E-state index in [0.717, 1.165) is 24.5 Å². The summed E-state index contributed by atoms with van der Waals surface area (Å²) in [5, 5.41) is 0. The zero-order valence-electron chi connectivity index (χ0n) is 15.3. The van der Waals surface area contributed by atoms with E-state index >= 15 is 0 Å². The molecule has 2 amide bonds. The zero-order chi connectivity index (χ0) is 18.5. The van der Waals surface area contributed by atoms with Crippen LogP contribution in [0.3, 0.4) is 0 Å². The van der Waals surface area contributed by atoms with Gasteiger partial charge in [-0.05, 0) is 31.2 Å². The number of carbonyl (C=O) groups excluding carboxylic acids is 2. The molecule has 2 aromatic rings. The molecule has 0 N–H and O–H groups in total. The lowest BCUT2D eigenvalue weighted by Gasteiger charge is -2.35. The van der Waals surface area contributed by atoms with Gasteiger partial charge in [-0.2, -0.15) is 0 Å². The van der Waals surface area contributed by atoms with Crippen molar-refractivity contribution >= 4 is 23.2 Å². The lowest BCUT2D eigenvalue weighted by molar-refractivity contribution is -0.129. The number of amides is 2. The van der Waals surface area contributed by atoms with E-state index in [9.17, 15) is 9.59 Å². The van der Waals surface area contributed by atoms with Crippen LogP contribution in [-0.4, -0.2) is 54.4 Å². The zero-order valence-corrected chi connectivity index (χ0v) is 15.3. The van der Waals surface area contributed by atoms with Gasteiger partial charge < -0.3 is 14.7 Å². The number of hydrogen-bond donors (Lipinski definition) is 0. The van der Waals surface area contributed by atoms with Crippen LogP contribution >= 0.6 is 0 Å². The number of piperazine rings is 1. The molecule has 6 heteroatoms. The summed E-state index contributed by atoms with van der Waals surface area (Å²) in [6.45, 7) is 7.04. The lowest BCUT2D eigenvalue weighted by Crippen LogP contribution is -2.48. The first-order chi connectivity index (χ1) is 12.6. The largest absolute Gasteiger partial charge is 0.368 e. The highest BCUT2D eigenvalue weighted by Gasteiger charge is 2.21. The Morgan fingerprint density at radius 1 is 1.08 bits per heavy atom. The molecule has 1 aliphatic heterocycles. The highest BCUT2D eigenvalue weighted by molar-refractivity contribution is 6.05. The quantitative estimate of drug-likeness (QED) is 0.848. The molecule has 2 heterocycles. The molecule has 0 saturated carbocycles. The molecule has 1 fully saturated rings. The summed E-state index contributed by atoms with van der Waals surface area (Å²) in [5.74, 6) is -0.000356. The van der Waals surface area contributed by atoms with E-state index in [0.29, 0.717) is 25.3 Å². The minimum Gasteiger partial charge on any atom is -0.368 e. The Bertz CT molecular complexity index is 770. The maximum atomic E-state index is 12.9. The van der Waals surface area contributed by atoms with E-state index in [4.69, 9.17) is 0 Å². The van der Waals surface area contributed by atoms with Crippen molar-refractivity contribution in [2.75, 3.05) is 42.5 Å². The van der Waals surface area contributed by atoms with Crippen LogP contribution in [0.25, 0.3) is 0 Å². The van der Waals surface area contributed by atoms with Crippen molar-refractivity contribution in [1.29, 1.82) is 0 Å². The minimum absolute atomic E-state index is 0.108. The summed E-state index contributed by atoms with van der Waals surface area (Å²) in [4.78, 5) is 34.5. The van der Waals surface area contributed by atoms with Crippen LogP contribution in [0.5, 0.6) is 0 Å². The Morgan fingerprint density at radius 2 is 1.77 bits per heavy atom. The number of para-hydroxylation sites is 1. The molecule has 0 bridgehead atoms. The Balaban J connectivity index is 1.77. The molecular weight excluding hydrogens is 328 g/mol. The third-order valence-electron chi connectivity index (χ3n) is 4.68. The fourth-order valence-electron chi connectivity index (χ4n) is 3.20. The van der Waals surface area contributed by atoms with Crippen molar-refractivity contribution < 1.29 is 9.59 Å². The topological polar surface area (TPSA) is 56.8 Å². The van der Waals surface area contributed by atoms with Gasteiger partial charge in [0.25, 0.3) is 5.91 Å². The van der Waals surface area contributed by atoms with Gasteiger partial charge in [-0.25, -0.2) is 0 Å². The van der Waals surface area contributed by atoms with Crippen molar-refractivity contribution in [2.24, 2.45) is 0 Å². The van der Waals surface area contributed by atoms with E-state index in [1.54, 1.807) is 18.0 Å². The summed E-state index contributed by atoms with van der Waals surface area (Å²) in [6, 6.07) is 13.4. The molecule has 136 valence electrons. The Morgan fingerprint density at radius 3 is 2.38 bits per heavy atom. The Kier molecular flexibility index (Phi) is 5.51. The highest BCUT2D eigenvalue weighted by atomic mass is 16.2. The summed E-state index contributed by atoms with van der Waals surface area (Å²) in [6.07, 6.45) is 1.68. The first-order valence-corrected chi connectivity index (χ1v) is 8.93. The van der Waals surface area contributed by atoms with Gasteiger partial charge in [-0.3, -0.25) is 14.6 Å². The SMILES string of the molecule is CCN(C(=O)c1cc(N2CCN(C(C)=O)CC2)ccn1)c1ccccc1. The molecule has 0 atom stereocenters. The molecule has 1 aromatic carbocycles. The first kappa shape index (κ1) is 17.9. The second-order valence-electron chi connectivity index (χ2n) is 6.28. The van der Waals surface area contributed by atoms with Gasteiger partial charge in [0.05, 0.1) is 0 Å². The molecule has 0 spiro atoms. The molecule has 26 heavy (non-hydrogen) atoms. The summed E-state index contributed by atoms with van der Waals surface area (Å²) in [5.41, 5.74) is 2.26. The van der Waals surface area contributed by atoms with Crippen molar-refractivity contribution in [2.45, 2.75) is 13.8 Å². The van der Waals surface area contributed by atoms with Crippen LogP contribution in [0.2, 0.25) is 0 Å². The van der Waals surface area contributed by atoms with Crippen LogP contribution in [0, 0.1) is 0 Å².